The molecule has 0 fully saturated rings. The molecule has 0 saturated carbocycles. The minimum absolute atomic E-state index is 0.250. The standard InChI is InChI=1S/C14H17N3O2S/c1-11-8-13(6-7-16-11)17-20(18,19)14-5-3-4-12(9-14)10-15-2/h3-9,15H,10H2,1-2H3,(H,16,17). The van der Waals surface area contributed by atoms with E-state index in [0.29, 0.717) is 12.2 Å². The number of anilines is 1. The highest BCUT2D eigenvalue weighted by molar-refractivity contribution is 7.92. The zero-order chi connectivity index (χ0) is 14.6. The van der Waals surface area contributed by atoms with Crippen molar-refractivity contribution in [2.75, 3.05) is 11.8 Å². The molecule has 20 heavy (non-hydrogen) atoms. The molecule has 106 valence electrons. The van der Waals surface area contributed by atoms with Crippen LogP contribution in [0.5, 0.6) is 0 Å². The van der Waals surface area contributed by atoms with E-state index in [4.69, 9.17) is 0 Å². The molecular weight excluding hydrogens is 274 g/mol. The second kappa shape index (κ2) is 6.02. The SMILES string of the molecule is CNCc1cccc(S(=O)(=O)Nc2ccnc(C)c2)c1. The first-order valence-corrected chi connectivity index (χ1v) is 7.68. The van der Waals surface area contributed by atoms with Gasteiger partial charge in [-0.2, -0.15) is 0 Å². The largest absolute Gasteiger partial charge is 0.316 e. The molecule has 0 aliphatic carbocycles. The average Bonchev–Trinajstić information content (AvgIpc) is 2.39. The Hall–Kier alpha value is -1.92. The Kier molecular flexibility index (Phi) is 4.36. The van der Waals surface area contributed by atoms with Crippen molar-refractivity contribution in [3.05, 3.63) is 53.9 Å². The summed E-state index contributed by atoms with van der Waals surface area (Å²) in [7, 11) is -1.76. The second-order valence-corrected chi connectivity index (χ2v) is 6.15. The number of nitrogens with one attached hydrogen (secondary N) is 2. The Labute approximate surface area is 119 Å². The molecule has 2 N–H and O–H groups in total. The molecule has 0 aliphatic heterocycles. The minimum atomic E-state index is -3.58. The molecule has 0 saturated heterocycles. The minimum Gasteiger partial charge on any atom is -0.316 e. The molecular formula is C14H17N3O2S. The van der Waals surface area contributed by atoms with Crippen molar-refractivity contribution in [3.8, 4) is 0 Å². The van der Waals surface area contributed by atoms with Crippen LogP contribution in [0.4, 0.5) is 5.69 Å². The van der Waals surface area contributed by atoms with Crippen LogP contribution in [0.15, 0.2) is 47.5 Å². The van der Waals surface area contributed by atoms with Crippen LogP contribution < -0.4 is 10.0 Å². The molecule has 0 amide bonds. The smallest absolute Gasteiger partial charge is 0.261 e. The summed E-state index contributed by atoms with van der Waals surface area (Å²) in [5, 5.41) is 3.00. The Morgan fingerprint density at radius 2 is 2.00 bits per heavy atom. The van der Waals surface area contributed by atoms with Crippen LogP contribution in [0.1, 0.15) is 11.3 Å². The van der Waals surface area contributed by atoms with Gasteiger partial charge >= 0.3 is 0 Å². The summed E-state index contributed by atoms with van der Waals surface area (Å²) >= 11 is 0. The number of benzene rings is 1. The molecule has 0 spiro atoms. The molecule has 1 heterocycles. The molecule has 6 heteroatoms. The summed E-state index contributed by atoms with van der Waals surface area (Å²) in [5.41, 5.74) is 2.19. The summed E-state index contributed by atoms with van der Waals surface area (Å²) in [6.45, 7) is 2.43. The number of aryl methyl sites for hydroxylation is 1. The predicted molar refractivity (Wildman–Crippen MR) is 79.0 cm³/mol. The van der Waals surface area contributed by atoms with E-state index in [1.165, 1.54) is 0 Å². The van der Waals surface area contributed by atoms with E-state index in [9.17, 15) is 8.42 Å². The van der Waals surface area contributed by atoms with E-state index in [-0.39, 0.29) is 4.90 Å². The third-order valence-corrected chi connectivity index (χ3v) is 4.12. The molecule has 5 nitrogen and oxygen atoms in total. The lowest BCUT2D eigenvalue weighted by Gasteiger charge is -2.09. The maximum Gasteiger partial charge on any atom is 0.261 e. The van der Waals surface area contributed by atoms with Crippen LogP contribution >= 0.6 is 0 Å². The lowest BCUT2D eigenvalue weighted by molar-refractivity contribution is 0.601. The maximum absolute atomic E-state index is 12.3. The molecule has 0 atom stereocenters. The summed E-state index contributed by atoms with van der Waals surface area (Å²) in [6, 6.07) is 10.2. The zero-order valence-electron chi connectivity index (χ0n) is 11.4. The van der Waals surface area contributed by atoms with E-state index in [1.54, 1.807) is 36.5 Å². The number of nitrogens with zero attached hydrogens (tertiary/aromatic N) is 1. The van der Waals surface area contributed by atoms with E-state index in [0.717, 1.165) is 11.3 Å². The number of rotatable bonds is 5. The fourth-order valence-electron chi connectivity index (χ4n) is 1.85. The predicted octanol–water partition coefficient (Wildman–Crippen LogP) is 1.91. The fraction of sp³-hybridized carbons (Fsp3) is 0.214. The second-order valence-electron chi connectivity index (χ2n) is 4.47. The van der Waals surface area contributed by atoms with Crippen LogP contribution in [-0.4, -0.2) is 20.4 Å². The fourth-order valence-corrected chi connectivity index (χ4v) is 2.97. The van der Waals surface area contributed by atoms with Crippen molar-refractivity contribution in [3.63, 3.8) is 0 Å². The van der Waals surface area contributed by atoms with Gasteiger partial charge < -0.3 is 5.32 Å². The van der Waals surface area contributed by atoms with Crippen LogP contribution in [0.2, 0.25) is 0 Å². The van der Waals surface area contributed by atoms with Crippen LogP contribution in [0.3, 0.4) is 0 Å². The Balaban J connectivity index is 2.28. The zero-order valence-corrected chi connectivity index (χ0v) is 12.2. The molecule has 1 aromatic heterocycles. The third-order valence-electron chi connectivity index (χ3n) is 2.74. The number of pyridine rings is 1. The van der Waals surface area contributed by atoms with Gasteiger partial charge in [0.15, 0.2) is 0 Å². The monoisotopic (exact) mass is 291 g/mol. The van der Waals surface area contributed by atoms with Gasteiger partial charge in [-0.3, -0.25) is 9.71 Å². The number of hydrogen-bond donors (Lipinski definition) is 2. The quantitative estimate of drug-likeness (QED) is 0.883. The van der Waals surface area contributed by atoms with Gasteiger partial charge in [-0.15, -0.1) is 0 Å². The topological polar surface area (TPSA) is 71.1 Å². The molecule has 0 radical (unpaired) electrons. The summed E-state index contributed by atoms with van der Waals surface area (Å²) in [5.74, 6) is 0. The van der Waals surface area contributed by atoms with Crippen molar-refractivity contribution in [2.24, 2.45) is 0 Å². The van der Waals surface area contributed by atoms with Gasteiger partial charge in [-0.05, 0) is 43.8 Å². The summed E-state index contributed by atoms with van der Waals surface area (Å²) in [4.78, 5) is 4.29. The summed E-state index contributed by atoms with van der Waals surface area (Å²) < 4.78 is 27.2. The van der Waals surface area contributed by atoms with Crippen LogP contribution in [0.25, 0.3) is 0 Å². The lowest BCUT2D eigenvalue weighted by atomic mass is 10.2. The first-order valence-electron chi connectivity index (χ1n) is 6.20. The van der Waals surface area contributed by atoms with Gasteiger partial charge in [0.1, 0.15) is 0 Å². The van der Waals surface area contributed by atoms with Gasteiger partial charge in [0.2, 0.25) is 0 Å². The van der Waals surface area contributed by atoms with Crippen molar-refractivity contribution < 1.29 is 8.42 Å². The Morgan fingerprint density at radius 1 is 1.20 bits per heavy atom. The third kappa shape index (κ3) is 3.55. The van der Waals surface area contributed by atoms with E-state index < -0.39 is 10.0 Å². The van der Waals surface area contributed by atoms with Crippen molar-refractivity contribution in [1.29, 1.82) is 0 Å². The first kappa shape index (κ1) is 14.5. The van der Waals surface area contributed by atoms with E-state index >= 15 is 0 Å². The van der Waals surface area contributed by atoms with Crippen molar-refractivity contribution in [2.45, 2.75) is 18.4 Å². The molecule has 2 rings (SSSR count). The van der Waals surface area contributed by atoms with Gasteiger partial charge in [0, 0.05) is 18.4 Å². The van der Waals surface area contributed by atoms with Gasteiger partial charge in [-0.25, -0.2) is 8.42 Å². The molecule has 0 aliphatic rings. The van der Waals surface area contributed by atoms with Gasteiger partial charge in [-0.1, -0.05) is 12.1 Å². The normalized spacial score (nSPS) is 11.3. The van der Waals surface area contributed by atoms with Gasteiger partial charge in [0.25, 0.3) is 10.0 Å². The Morgan fingerprint density at radius 3 is 2.70 bits per heavy atom. The maximum atomic E-state index is 12.3. The first-order chi connectivity index (χ1) is 9.51. The molecule has 0 bridgehead atoms. The highest BCUT2D eigenvalue weighted by Gasteiger charge is 2.14. The number of aromatic nitrogens is 1. The van der Waals surface area contributed by atoms with E-state index in [2.05, 4.69) is 15.0 Å². The average molecular weight is 291 g/mol. The number of sulfonamides is 1. The van der Waals surface area contributed by atoms with Crippen molar-refractivity contribution in [1.82, 2.24) is 10.3 Å². The molecule has 1 aromatic carbocycles. The number of hydrogen-bond acceptors (Lipinski definition) is 4. The highest BCUT2D eigenvalue weighted by Crippen LogP contribution is 2.17. The van der Waals surface area contributed by atoms with Gasteiger partial charge in [0.05, 0.1) is 10.6 Å². The summed E-state index contributed by atoms with van der Waals surface area (Å²) in [6.07, 6.45) is 1.57. The van der Waals surface area contributed by atoms with Crippen LogP contribution in [0, 0.1) is 6.92 Å². The van der Waals surface area contributed by atoms with Crippen LogP contribution in [-0.2, 0) is 16.6 Å². The lowest BCUT2D eigenvalue weighted by Crippen LogP contribution is -2.14. The molecule has 2 aromatic rings. The van der Waals surface area contributed by atoms with E-state index in [1.807, 2.05) is 20.0 Å². The highest BCUT2D eigenvalue weighted by atomic mass is 32.2. The Bertz CT molecular complexity index is 699. The van der Waals surface area contributed by atoms with Crippen molar-refractivity contribution >= 4 is 15.7 Å². The molecule has 0 unspecified atom stereocenters.